The molecule has 0 amide bonds. The molecular formula is C52H36N8. The number of nitrogens with zero attached hydrogens (tertiary/aromatic N) is 8. The first-order valence-corrected chi connectivity index (χ1v) is 20.5. The largest absolute Gasteiger partial charge is 0.301 e. The molecule has 60 heavy (non-hydrogen) atoms. The third-order valence-corrected chi connectivity index (χ3v) is 11.8. The second-order valence-electron chi connectivity index (χ2n) is 15.3. The standard InChI is InChI=1S/C52H36N8/c1-5-17-34(18-6-1)47-53-48(35-19-7-2-8-20-35)56-51(55-47)59-41-29-14-13-27-40(41)45-43(59)32-31-39-38-28-15-25-33-26-16-30-42(44(33)38)60(46(39)45)52-57-49(36-21-9-3-10-22-36)54-50(58-52)37-23-11-4-12-24-37/h1,3-7,9-29,31-32,42H,2,8,30H2. The van der Waals surface area contributed by atoms with E-state index in [0.29, 0.717) is 35.2 Å². The van der Waals surface area contributed by atoms with Crippen LogP contribution < -0.4 is 4.90 Å². The van der Waals surface area contributed by atoms with E-state index in [2.05, 4.69) is 131 Å². The van der Waals surface area contributed by atoms with Crippen LogP contribution >= 0.6 is 0 Å². The minimum absolute atomic E-state index is 0.0745. The van der Waals surface area contributed by atoms with Crippen molar-refractivity contribution in [1.82, 2.24) is 34.5 Å². The Kier molecular flexibility index (Phi) is 7.94. The van der Waals surface area contributed by atoms with Gasteiger partial charge < -0.3 is 4.90 Å². The van der Waals surface area contributed by atoms with Gasteiger partial charge in [0.1, 0.15) is 0 Å². The van der Waals surface area contributed by atoms with Crippen LogP contribution in [0.1, 0.15) is 42.3 Å². The molecule has 0 spiro atoms. The van der Waals surface area contributed by atoms with Crippen LogP contribution in [0.5, 0.6) is 0 Å². The molecule has 0 saturated heterocycles. The number of hydrogen-bond donors (Lipinski definition) is 0. The molecule has 8 heteroatoms. The van der Waals surface area contributed by atoms with Crippen LogP contribution in [0.2, 0.25) is 0 Å². The van der Waals surface area contributed by atoms with Crippen LogP contribution in [-0.2, 0) is 0 Å². The number of fused-ring (bicyclic) bond motifs is 6. The molecule has 1 atom stereocenters. The number of benzene rings is 6. The lowest BCUT2D eigenvalue weighted by Crippen LogP contribution is -2.31. The highest BCUT2D eigenvalue weighted by atomic mass is 15.3. The van der Waals surface area contributed by atoms with Crippen LogP contribution in [-0.4, -0.2) is 34.5 Å². The van der Waals surface area contributed by atoms with Crippen LogP contribution in [0.15, 0.2) is 170 Å². The smallest absolute Gasteiger partial charge is 0.238 e. The third kappa shape index (κ3) is 5.52. The van der Waals surface area contributed by atoms with Crippen molar-refractivity contribution in [2.24, 2.45) is 0 Å². The summed E-state index contributed by atoms with van der Waals surface area (Å²) in [4.78, 5) is 33.8. The number of aromatic nitrogens is 7. The first-order valence-electron chi connectivity index (χ1n) is 20.5. The maximum absolute atomic E-state index is 5.36. The van der Waals surface area contributed by atoms with Crippen molar-refractivity contribution in [3.05, 3.63) is 187 Å². The summed E-state index contributed by atoms with van der Waals surface area (Å²) < 4.78 is 2.21. The Balaban J connectivity index is 1.17. The molecule has 3 aliphatic rings. The summed E-state index contributed by atoms with van der Waals surface area (Å²) in [5.41, 5.74) is 11.7. The van der Waals surface area contributed by atoms with E-state index < -0.39 is 0 Å². The molecule has 0 N–H and O–H groups in total. The fraction of sp³-hybridized carbons (Fsp3) is 0.0769. The van der Waals surface area contributed by atoms with E-state index in [9.17, 15) is 0 Å². The molecule has 2 aliphatic carbocycles. The lowest BCUT2D eigenvalue weighted by molar-refractivity contribution is 0.680. The minimum atomic E-state index is -0.0745. The van der Waals surface area contributed by atoms with Gasteiger partial charge in [-0.1, -0.05) is 164 Å². The van der Waals surface area contributed by atoms with Crippen LogP contribution in [0.4, 0.5) is 11.6 Å². The molecule has 0 fully saturated rings. The van der Waals surface area contributed by atoms with Gasteiger partial charge >= 0.3 is 0 Å². The summed E-state index contributed by atoms with van der Waals surface area (Å²) in [5.74, 6) is 3.69. The van der Waals surface area contributed by atoms with Gasteiger partial charge in [-0.2, -0.15) is 19.9 Å². The van der Waals surface area contributed by atoms with Gasteiger partial charge in [0, 0.05) is 38.6 Å². The maximum atomic E-state index is 5.36. The van der Waals surface area contributed by atoms with E-state index in [4.69, 9.17) is 29.9 Å². The molecule has 1 unspecified atom stereocenters. The van der Waals surface area contributed by atoms with Crippen LogP contribution in [0.3, 0.4) is 0 Å². The summed E-state index contributed by atoms with van der Waals surface area (Å²) in [6.07, 6.45) is 13.8. The highest BCUT2D eigenvalue weighted by Gasteiger charge is 2.38. The molecule has 0 radical (unpaired) electrons. The third-order valence-electron chi connectivity index (χ3n) is 11.8. The van der Waals surface area contributed by atoms with Gasteiger partial charge in [0.25, 0.3) is 0 Å². The van der Waals surface area contributed by atoms with E-state index in [1.165, 1.54) is 16.7 Å². The van der Waals surface area contributed by atoms with E-state index in [1.54, 1.807) is 0 Å². The van der Waals surface area contributed by atoms with Crippen LogP contribution in [0.25, 0.3) is 84.7 Å². The van der Waals surface area contributed by atoms with E-state index in [1.807, 2.05) is 54.6 Å². The molecule has 9 aromatic rings. The monoisotopic (exact) mass is 772 g/mol. The summed E-state index contributed by atoms with van der Waals surface area (Å²) >= 11 is 0. The Labute approximate surface area is 346 Å². The molecule has 12 rings (SSSR count). The van der Waals surface area contributed by atoms with Gasteiger partial charge in [0.15, 0.2) is 23.3 Å². The van der Waals surface area contributed by atoms with E-state index in [-0.39, 0.29) is 6.04 Å². The first-order chi connectivity index (χ1) is 29.8. The Morgan fingerprint density at radius 2 is 1.10 bits per heavy atom. The number of rotatable bonds is 6. The van der Waals surface area contributed by atoms with Crippen LogP contribution in [0, 0.1) is 0 Å². The van der Waals surface area contributed by atoms with Crippen molar-refractivity contribution < 1.29 is 0 Å². The number of para-hydroxylation sites is 1. The topological polar surface area (TPSA) is 85.5 Å². The fourth-order valence-electron chi connectivity index (χ4n) is 9.13. The number of anilines is 2. The zero-order chi connectivity index (χ0) is 39.6. The fourth-order valence-corrected chi connectivity index (χ4v) is 9.13. The number of allylic oxidation sites excluding steroid dienone is 4. The van der Waals surface area contributed by atoms with Gasteiger partial charge in [0.05, 0.1) is 22.8 Å². The molecular weight excluding hydrogens is 737 g/mol. The summed E-state index contributed by atoms with van der Waals surface area (Å²) in [7, 11) is 0. The second kappa shape index (κ2) is 13.9. The summed E-state index contributed by atoms with van der Waals surface area (Å²) in [6, 6.07) is 50.2. The zero-order valence-electron chi connectivity index (χ0n) is 32.5. The molecule has 3 aromatic heterocycles. The van der Waals surface area contributed by atoms with Crippen molar-refractivity contribution in [3.8, 4) is 51.2 Å². The van der Waals surface area contributed by atoms with Crippen molar-refractivity contribution in [3.63, 3.8) is 0 Å². The molecule has 284 valence electrons. The predicted molar refractivity (Wildman–Crippen MR) is 241 cm³/mol. The minimum Gasteiger partial charge on any atom is -0.301 e. The van der Waals surface area contributed by atoms with Gasteiger partial charge in [-0.25, -0.2) is 9.97 Å². The average Bonchev–Trinajstić information content (AvgIpc) is 3.67. The Morgan fingerprint density at radius 3 is 1.78 bits per heavy atom. The Hall–Kier alpha value is -7.84. The van der Waals surface area contributed by atoms with Gasteiger partial charge in [-0.05, 0) is 48.1 Å². The van der Waals surface area contributed by atoms with Gasteiger partial charge in [-0.3, -0.25) is 4.57 Å². The molecule has 1 aliphatic heterocycles. The van der Waals surface area contributed by atoms with Gasteiger partial charge in [0.2, 0.25) is 11.9 Å². The molecule has 0 saturated carbocycles. The highest BCUT2D eigenvalue weighted by molar-refractivity contribution is 6.19. The maximum Gasteiger partial charge on any atom is 0.238 e. The lowest BCUT2D eigenvalue weighted by atomic mass is 9.80. The lowest BCUT2D eigenvalue weighted by Gasteiger charge is -2.41. The molecule has 0 bridgehead atoms. The zero-order valence-corrected chi connectivity index (χ0v) is 32.5. The molecule has 8 nitrogen and oxygen atoms in total. The van der Waals surface area contributed by atoms with Crippen molar-refractivity contribution in [1.29, 1.82) is 0 Å². The van der Waals surface area contributed by atoms with Crippen molar-refractivity contribution in [2.45, 2.75) is 25.3 Å². The first kappa shape index (κ1) is 34.2. The Bertz CT molecular complexity index is 3180. The van der Waals surface area contributed by atoms with E-state index >= 15 is 0 Å². The Morgan fingerprint density at radius 1 is 0.467 bits per heavy atom. The quantitative estimate of drug-likeness (QED) is 0.166. The molecule has 6 aromatic carbocycles. The van der Waals surface area contributed by atoms with Crippen molar-refractivity contribution in [2.75, 3.05) is 4.90 Å². The summed E-state index contributed by atoms with van der Waals surface area (Å²) in [6.45, 7) is 0. The highest BCUT2D eigenvalue weighted by Crippen LogP contribution is 2.55. The second-order valence-corrected chi connectivity index (χ2v) is 15.3. The number of hydrogen-bond acceptors (Lipinski definition) is 7. The average molecular weight is 773 g/mol. The SMILES string of the molecule is C1=CC(c2nc(-c3ccccc3)nc(-n3c4ccccc4c4c5c(ccc43)-c3cccc4c3C(CC=C4)N5c3nc(-c4ccccc4)nc(-c4ccccc4)n3)n2)=CCC1. The normalized spacial score (nSPS) is 15.2. The predicted octanol–water partition coefficient (Wildman–Crippen LogP) is 12.2. The molecule has 4 heterocycles. The van der Waals surface area contributed by atoms with Gasteiger partial charge in [-0.15, -0.1) is 0 Å². The van der Waals surface area contributed by atoms with Crippen molar-refractivity contribution >= 4 is 45.1 Å². The summed E-state index contributed by atoms with van der Waals surface area (Å²) in [5, 5.41) is 2.16. The van der Waals surface area contributed by atoms with E-state index in [0.717, 1.165) is 74.6 Å².